The van der Waals surface area contributed by atoms with E-state index < -0.39 is 10.0 Å². The number of sulfonamides is 1. The lowest BCUT2D eigenvalue weighted by atomic mass is 10.1. The largest absolute Gasteiger partial charge is 0.496 e. The number of pyridine rings is 1. The fourth-order valence-corrected chi connectivity index (χ4v) is 3.89. The number of hydrogen-bond acceptors (Lipinski definition) is 5. The highest BCUT2D eigenvalue weighted by molar-refractivity contribution is 7.92. The van der Waals surface area contributed by atoms with Crippen LogP contribution < -0.4 is 14.8 Å². The molecule has 6 nitrogen and oxygen atoms in total. The van der Waals surface area contributed by atoms with Crippen molar-refractivity contribution in [2.24, 2.45) is 5.92 Å². The van der Waals surface area contributed by atoms with Crippen LogP contribution in [-0.4, -0.2) is 27.1 Å². The van der Waals surface area contributed by atoms with Crippen LogP contribution in [0.5, 0.6) is 5.75 Å². The van der Waals surface area contributed by atoms with Crippen molar-refractivity contribution in [2.75, 3.05) is 23.7 Å². The van der Waals surface area contributed by atoms with Gasteiger partial charge in [0.15, 0.2) is 0 Å². The Morgan fingerprint density at radius 3 is 2.46 bits per heavy atom. The van der Waals surface area contributed by atoms with Gasteiger partial charge < -0.3 is 10.1 Å². The molecule has 2 rings (SSSR count). The van der Waals surface area contributed by atoms with Crippen LogP contribution in [0.2, 0.25) is 0 Å². The SMILES string of the molecule is COc1cc(C)c(S(=O)(=O)Nc2ccc(NCCC(C)C)nc2)cc1C. The molecule has 1 heterocycles. The van der Waals surface area contributed by atoms with E-state index in [2.05, 4.69) is 28.9 Å². The van der Waals surface area contributed by atoms with Crippen LogP contribution in [-0.2, 0) is 10.0 Å². The molecule has 0 spiro atoms. The molecule has 0 aliphatic carbocycles. The minimum Gasteiger partial charge on any atom is -0.496 e. The van der Waals surface area contributed by atoms with E-state index in [0.717, 1.165) is 24.3 Å². The standard InChI is InChI=1S/C19H27N3O3S/c1-13(2)8-9-20-19-7-6-16(12-21-19)22-26(23,24)18-11-14(3)17(25-5)10-15(18)4/h6-7,10-13,22H,8-9H2,1-5H3,(H,20,21). The maximum absolute atomic E-state index is 12.7. The molecule has 142 valence electrons. The van der Waals surface area contributed by atoms with Crippen molar-refractivity contribution in [3.63, 3.8) is 0 Å². The van der Waals surface area contributed by atoms with Gasteiger partial charge in [-0.05, 0) is 61.6 Å². The summed E-state index contributed by atoms with van der Waals surface area (Å²) in [7, 11) is -2.13. The van der Waals surface area contributed by atoms with E-state index in [1.54, 1.807) is 38.3 Å². The minimum absolute atomic E-state index is 0.231. The first-order valence-electron chi connectivity index (χ1n) is 8.61. The van der Waals surface area contributed by atoms with Gasteiger partial charge in [0, 0.05) is 6.54 Å². The molecule has 0 fully saturated rings. The number of aromatic nitrogens is 1. The number of nitrogens with zero attached hydrogens (tertiary/aromatic N) is 1. The fourth-order valence-electron chi connectivity index (χ4n) is 2.53. The van der Waals surface area contributed by atoms with Gasteiger partial charge in [-0.3, -0.25) is 4.72 Å². The van der Waals surface area contributed by atoms with Crippen LogP contribution in [0.3, 0.4) is 0 Å². The molecule has 0 unspecified atom stereocenters. The number of aryl methyl sites for hydroxylation is 2. The highest BCUT2D eigenvalue weighted by Crippen LogP contribution is 2.27. The minimum atomic E-state index is -3.70. The zero-order valence-corrected chi connectivity index (χ0v) is 16.8. The summed E-state index contributed by atoms with van der Waals surface area (Å²) in [5.74, 6) is 2.01. The van der Waals surface area contributed by atoms with Crippen LogP contribution in [0.15, 0.2) is 35.4 Å². The van der Waals surface area contributed by atoms with Gasteiger partial charge >= 0.3 is 0 Å². The van der Waals surface area contributed by atoms with Crippen LogP contribution in [0.25, 0.3) is 0 Å². The zero-order chi connectivity index (χ0) is 19.3. The lowest BCUT2D eigenvalue weighted by Crippen LogP contribution is -2.15. The Morgan fingerprint density at radius 1 is 1.15 bits per heavy atom. The second-order valence-electron chi connectivity index (χ2n) is 6.73. The number of benzene rings is 1. The van der Waals surface area contributed by atoms with E-state index in [4.69, 9.17) is 4.74 Å². The summed E-state index contributed by atoms with van der Waals surface area (Å²) in [5.41, 5.74) is 1.81. The number of hydrogen-bond donors (Lipinski definition) is 2. The number of rotatable bonds is 8. The average molecular weight is 378 g/mol. The van der Waals surface area contributed by atoms with Crippen molar-refractivity contribution in [3.8, 4) is 5.75 Å². The molecule has 26 heavy (non-hydrogen) atoms. The highest BCUT2D eigenvalue weighted by Gasteiger charge is 2.19. The maximum atomic E-state index is 12.7. The third-order valence-corrected chi connectivity index (χ3v) is 5.55. The third-order valence-electron chi connectivity index (χ3n) is 4.03. The Labute approximate surface area is 156 Å². The Hall–Kier alpha value is -2.28. The molecule has 2 N–H and O–H groups in total. The molecular weight excluding hydrogens is 350 g/mol. The van der Waals surface area contributed by atoms with Crippen LogP contribution in [0.4, 0.5) is 11.5 Å². The van der Waals surface area contributed by atoms with Gasteiger partial charge in [0.25, 0.3) is 10.0 Å². The van der Waals surface area contributed by atoms with Crippen LogP contribution in [0, 0.1) is 19.8 Å². The Kier molecular flexibility index (Phi) is 6.47. The molecule has 0 atom stereocenters. The summed E-state index contributed by atoms with van der Waals surface area (Å²) in [6.45, 7) is 8.72. The molecule has 1 aromatic carbocycles. The Morgan fingerprint density at radius 2 is 1.88 bits per heavy atom. The molecule has 0 saturated carbocycles. The Bertz CT molecular complexity index is 847. The van der Waals surface area contributed by atoms with Gasteiger partial charge in [-0.15, -0.1) is 0 Å². The number of methoxy groups -OCH3 is 1. The first-order valence-corrected chi connectivity index (χ1v) is 10.1. The van der Waals surface area contributed by atoms with Crippen molar-refractivity contribution in [1.29, 1.82) is 0 Å². The smallest absolute Gasteiger partial charge is 0.262 e. The van der Waals surface area contributed by atoms with Gasteiger partial charge in [-0.25, -0.2) is 13.4 Å². The fraction of sp³-hybridized carbons (Fsp3) is 0.421. The van der Waals surface area contributed by atoms with Gasteiger partial charge in [0.1, 0.15) is 11.6 Å². The molecule has 0 bridgehead atoms. The summed E-state index contributed by atoms with van der Waals surface area (Å²) in [5, 5.41) is 3.22. The van der Waals surface area contributed by atoms with E-state index in [9.17, 15) is 8.42 Å². The predicted molar refractivity (Wildman–Crippen MR) is 105 cm³/mol. The second kappa shape index (κ2) is 8.40. The first kappa shape index (κ1) is 20.0. The first-order chi connectivity index (χ1) is 12.2. The lowest BCUT2D eigenvalue weighted by molar-refractivity contribution is 0.411. The summed E-state index contributed by atoms with van der Waals surface area (Å²) in [6.07, 6.45) is 2.56. The topological polar surface area (TPSA) is 80.3 Å². The summed E-state index contributed by atoms with van der Waals surface area (Å²) >= 11 is 0. The third kappa shape index (κ3) is 5.11. The molecule has 0 amide bonds. The van der Waals surface area contributed by atoms with E-state index in [0.29, 0.717) is 22.9 Å². The molecule has 0 aliphatic rings. The average Bonchev–Trinajstić information content (AvgIpc) is 2.57. The second-order valence-corrected chi connectivity index (χ2v) is 8.39. The molecule has 0 radical (unpaired) electrons. The monoisotopic (exact) mass is 377 g/mol. The summed E-state index contributed by atoms with van der Waals surface area (Å²) in [4.78, 5) is 4.49. The number of anilines is 2. The Balaban J connectivity index is 2.13. The van der Waals surface area contributed by atoms with Crippen LogP contribution >= 0.6 is 0 Å². The zero-order valence-electron chi connectivity index (χ0n) is 16.0. The molecular formula is C19H27N3O3S. The molecule has 2 aromatic rings. The predicted octanol–water partition coefficient (Wildman–Crippen LogP) is 3.97. The molecule has 1 aromatic heterocycles. The van der Waals surface area contributed by atoms with E-state index in [1.807, 2.05) is 6.92 Å². The van der Waals surface area contributed by atoms with Crippen molar-refractivity contribution < 1.29 is 13.2 Å². The summed E-state index contributed by atoms with van der Waals surface area (Å²) < 4.78 is 33.2. The quantitative estimate of drug-likeness (QED) is 0.728. The summed E-state index contributed by atoms with van der Waals surface area (Å²) in [6, 6.07) is 6.81. The van der Waals surface area contributed by atoms with Gasteiger partial charge in [0.05, 0.1) is 23.9 Å². The molecule has 7 heteroatoms. The van der Waals surface area contributed by atoms with Crippen LogP contribution in [0.1, 0.15) is 31.4 Å². The maximum Gasteiger partial charge on any atom is 0.262 e. The lowest BCUT2D eigenvalue weighted by Gasteiger charge is -2.14. The molecule has 0 saturated heterocycles. The van der Waals surface area contributed by atoms with Crippen molar-refractivity contribution in [3.05, 3.63) is 41.6 Å². The number of ether oxygens (including phenoxy) is 1. The molecule has 0 aliphatic heterocycles. The van der Waals surface area contributed by atoms with Gasteiger partial charge in [-0.1, -0.05) is 13.8 Å². The highest BCUT2D eigenvalue weighted by atomic mass is 32.2. The van der Waals surface area contributed by atoms with Crippen molar-refractivity contribution in [1.82, 2.24) is 4.98 Å². The van der Waals surface area contributed by atoms with Crippen molar-refractivity contribution >= 4 is 21.5 Å². The number of nitrogens with one attached hydrogen (secondary N) is 2. The van der Waals surface area contributed by atoms with Crippen molar-refractivity contribution in [2.45, 2.75) is 39.0 Å². The van der Waals surface area contributed by atoms with E-state index in [-0.39, 0.29) is 4.90 Å². The van der Waals surface area contributed by atoms with E-state index >= 15 is 0 Å². The normalized spacial score (nSPS) is 11.5. The van der Waals surface area contributed by atoms with E-state index in [1.165, 1.54) is 6.20 Å². The van der Waals surface area contributed by atoms with Gasteiger partial charge in [0.2, 0.25) is 0 Å². The van der Waals surface area contributed by atoms with Gasteiger partial charge in [-0.2, -0.15) is 0 Å².